The van der Waals surface area contributed by atoms with Gasteiger partial charge < -0.3 is 19.1 Å². The minimum atomic E-state index is -0.753. The summed E-state index contributed by atoms with van der Waals surface area (Å²) in [7, 11) is 4.60. The quantitative estimate of drug-likeness (QED) is 0.784. The summed E-state index contributed by atoms with van der Waals surface area (Å²) in [5.74, 6) is 1.39. The molecule has 1 atom stereocenters. The van der Waals surface area contributed by atoms with Gasteiger partial charge in [0, 0.05) is 13.1 Å². The fourth-order valence-corrected chi connectivity index (χ4v) is 2.75. The summed E-state index contributed by atoms with van der Waals surface area (Å²) in [6.07, 6.45) is 2.06. The van der Waals surface area contributed by atoms with Crippen LogP contribution in [-0.4, -0.2) is 45.2 Å². The topological polar surface area (TPSA) is 48.0 Å². The number of methoxy groups -OCH3 is 3. The van der Waals surface area contributed by atoms with Crippen LogP contribution in [0.15, 0.2) is 12.1 Å². The average molecular weight is 314 g/mol. The molecule has 1 unspecified atom stereocenters. The van der Waals surface area contributed by atoms with Crippen molar-refractivity contribution >= 4 is 17.5 Å². The van der Waals surface area contributed by atoms with E-state index in [2.05, 4.69) is 0 Å². The molecule has 1 aromatic carbocycles. The fraction of sp³-hybridized carbons (Fsp3) is 0.533. The van der Waals surface area contributed by atoms with E-state index in [1.165, 1.54) is 21.3 Å². The van der Waals surface area contributed by atoms with Crippen LogP contribution >= 0.6 is 11.6 Å². The smallest absolute Gasteiger partial charge is 0.245 e. The van der Waals surface area contributed by atoms with Gasteiger partial charge in [0.05, 0.1) is 21.3 Å². The second-order valence-corrected chi connectivity index (χ2v) is 5.29. The van der Waals surface area contributed by atoms with Gasteiger partial charge in [0.1, 0.15) is 5.38 Å². The molecule has 2 rings (SSSR count). The van der Waals surface area contributed by atoms with E-state index >= 15 is 0 Å². The maximum atomic E-state index is 12.4. The van der Waals surface area contributed by atoms with Crippen LogP contribution < -0.4 is 14.2 Å². The maximum Gasteiger partial charge on any atom is 0.245 e. The molecule has 0 radical (unpaired) electrons. The minimum Gasteiger partial charge on any atom is -0.493 e. The van der Waals surface area contributed by atoms with Crippen LogP contribution in [0.25, 0.3) is 0 Å². The molecule has 116 valence electrons. The number of hydrogen-bond donors (Lipinski definition) is 0. The van der Waals surface area contributed by atoms with Gasteiger partial charge in [0.15, 0.2) is 11.5 Å². The number of alkyl halides is 1. The molecule has 6 heteroatoms. The van der Waals surface area contributed by atoms with Gasteiger partial charge in [-0.15, -0.1) is 11.6 Å². The SMILES string of the molecule is COc1cc(C(Cl)C(=O)N2CCCC2)cc(OC)c1OC. The molecule has 0 spiro atoms. The van der Waals surface area contributed by atoms with Gasteiger partial charge >= 0.3 is 0 Å². The fourth-order valence-electron chi connectivity index (χ4n) is 2.49. The van der Waals surface area contributed by atoms with Crippen molar-refractivity contribution in [1.29, 1.82) is 0 Å². The van der Waals surface area contributed by atoms with Gasteiger partial charge in [0.2, 0.25) is 11.7 Å². The van der Waals surface area contributed by atoms with Gasteiger partial charge in [-0.25, -0.2) is 0 Å². The highest BCUT2D eigenvalue weighted by Crippen LogP contribution is 2.41. The normalized spacial score (nSPS) is 15.7. The Morgan fingerprint density at radius 2 is 1.62 bits per heavy atom. The second-order valence-electron chi connectivity index (χ2n) is 4.85. The summed E-state index contributed by atoms with van der Waals surface area (Å²) >= 11 is 6.35. The van der Waals surface area contributed by atoms with Crippen molar-refractivity contribution < 1.29 is 19.0 Å². The van der Waals surface area contributed by atoms with Crippen LogP contribution in [0.3, 0.4) is 0 Å². The van der Waals surface area contributed by atoms with E-state index in [9.17, 15) is 4.79 Å². The van der Waals surface area contributed by atoms with Crippen molar-refractivity contribution in [2.75, 3.05) is 34.4 Å². The zero-order chi connectivity index (χ0) is 15.4. The van der Waals surface area contributed by atoms with Gasteiger partial charge in [0.25, 0.3) is 0 Å². The zero-order valence-electron chi connectivity index (χ0n) is 12.5. The Kier molecular flexibility index (Phi) is 5.17. The van der Waals surface area contributed by atoms with Gasteiger partial charge in [-0.2, -0.15) is 0 Å². The zero-order valence-corrected chi connectivity index (χ0v) is 13.3. The first-order valence-electron chi connectivity index (χ1n) is 6.85. The van der Waals surface area contributed by atoms with Crippen LogP contribution in [0.4, 0.5) is 0 Å². The Morgan fingerprint density at radius 1 is 1.10 bits per heavy atom. The molecule has 0 aromatic heterocycles. The first-order valence-corrected chi connectivity index (χ1v) is 7.28. The van der Waals surface area contributed by atoms with E-state index in [-0.39, 0.29) is 5.91 Å². The van der Waals surface area contributed by atoms with Gasteiger partial charge in [-0.05, 0) is 30.5 Å². The summed E-state index contributed by atoms with van der Waals surface area (Å²) in [5, 5.41) is -0.753. The Labute approximate surface area is 129 Å². The number of hydrogen-bond acceptors (Lipinski definition) is 4. The van der Waals surface area contributed by atoms with E-state index in [1.807, 2.05) is 0 Å². The average Bonchev–Trinajstić information content (AvgIpc) is 3.06. The van der Waals surface area contributed by atoms with Crippen molar-refractivity contribution in [2.45, 2.75) is 18.2 Å². The molecule has 0 aliphatic carbocycles. The van der Waals surface area contributed by atoms with Crippen LogP contribution in [0.5, 0.6) is 17.2 Å². The molecule has 1 saturated heterocycles. The third-order valence-electron chi connectivity index (χ3n) is 3.61. The maximum absolute atomic E-state index is 12.4. The molecule has 5 nitrogen and oxygen atoms in total. The number of ether oxygens (including phenoxy) is 3. The third-order valence-corrected chi connectivity index (χ3v) is 4.05. The molecular weight excluding hydrogens is 294 g/mol. The molecule has 1 fully saturated rings. The Hall–Kier alpha value is -1.62. The van der Waals surface area contributed by atoms with Crippen molar-refractivity contribution in [3.05, 3.63) is 17.7 Å². The van der Waals surface area contributed by atoms with Crippen LogP contribution in [0.2, 0.25) is 0 Å². The molecule has 1 amide bonds. The summed E-state index contributed by atoms with van der Waals surface area (Å²) in [6.45, 7) is 1.54. The number of carbonyl (C=O) groups is 1. The van der Waals surface area contributed by atoms with Crippen molar-refractivity contribution in [2.24, 2.45) is 0 Å². The lowest BCUT2D eigenvalue weighted by molar-refractivity contribution is -0.129. The molecule has 21 heavy (non-hydrogen) atoms. The first-order chi connectivity index (χ1) is 10.1. The van der Waals surface area contributed by atoms with Crippen LogP contribution in [0.1, 0.15) is 23.8 Å². The first kappa shape index (κ1) is 15.8. The highest BCUT2D eigenvalue weighted by Gasteiger charge is 2.28. The lowest BCUT2D eigenvalue weighted by Gasteiger charge is -2.21. The summed E-state index contributed by atoms with van der Waals surface area (Å²) in [4.78, 5) is 14.2. The number of benzene rings is 1. The summed E-state index contributed by atoms with van der Waals surface area (Å²) < 4.78 is 15.8. The molecule has 1 aliphatic rings. The standard InChI is InChI=1S/C15H20ClNO4/c1-19-11-8-10(9-12(20-2)14(11)21-3)13(16)15(18)17-6-4-5-7-17/h8-9,13H,4-7H2,1-3H3. The number of halogens is 1. The molecule has 0 N–H and O–H groups in total. The summed E-state index contributed by atoms with van der Waals surface area (Å²) in [5.41, 5.74) is 0.642. The van der Waals surface area contributed by atoms with E-state index in [4.69, 9.17) is 25.8 Å². The molecule has 1 heterocycles. The molecule has 1 aliphatic heterocycles. The summed E-state index contributed by atoms with van der Waals surface area (Å²) in [6, 6.07) is 3.43. The predicted molar refractivity (Wildman–Crippen MR) is 80.5 cm³/mol. The Balaban J connectivity index is 2.31. The number of rotatable bonds is 5. The van der Waals surface area contributed by atoms with Crippen molar-refractivity contribution in [3.63, 3.8) is 0 Å². The molecule has 1 aromatic rings. The van der Waals surface area contributed by atoms with Crippen molar-refractivity contribution in [1.82, 2.24) is 4.90 Å². The van der Waals surface area contributed by atoms with Gasteiger partial charge in [-0.3, -0.25) is 4.79 Å². The largest absolute Gasteiger partial charge is 0.493 e. The highest BCUT2D eigenvalue weighted by molar-refractivity contribution is 6.30. The molecule has 0 saturated carbocycles. The number of carbonyl (C=O) groups excluding carboxylic acids is 1. The third kappa shape index (κ3) is 3.18. The predicted octanol–water partition coefficient (Wildman–Crippen LogP) is 2.61. The van der Waals surface area contributed by atoms with Gasteiger partial charge in [-0.1, -0.05) is 0 Å². The lowest BCUT2D eigenvalue weighted by atomic mass is 10.1. The number of likely N-dealkylation sites (tertiary alicyclic amines) is 1. The number of nitrogens with zero attached hydrogens (tertiary/aromatic N) is 1. The van der Waals surface area contributed by atoms with E-state index in [0.717, 1.165) is 25.9 Å². The second kappa shape index (κ2) is 6.89. The van der Waals surface area contributed by atoms with E-state index in [1.54, 1.807) is 17.0 Å². The minimum absolute atomic E-state index is 0.0801. The number of amides is 1. The van der Waals surface area contributed by atoms with Crippen molar-refractivity contribution in [3.8, 4) is 17.2 Å². The van der Waals surface area contributed by atoms with E-state index < -0.39 is 5.38 Å². The van der Waals surface area contributed by atoms with E-state index in [0.29, 0.717) is 22.8 Å². The highest BCUT2D eigenvalue weighted by atomic mass is 35.5. The Morgan fingerprint density at radius 3 is 2.05 bits per heavy atom. The Bertz CT molecular complexity index is 489. The monoisotopic (exact) mass is 313 g/mol. The molecular formula is C15H20ClNO4. The lowest BCUT2D eigenvalue weighted by Crippen LogP contribution is -2.30. The van der Waals surface area contributed by atoms with Crippen LogP contribution in [0, 0.1) is 0 Å². The molecule has 0 bridgehead atoms. The van der Waals surface area contributed by atoms with Crippen LogP contribution in [-0.2, 0) is 4.79 Å².